The maximum absolute atomic E-state index is 12.7. The van der Waals surface area contributed by atoms with Gasteiger partial charge in [0.15, 0.2) is 0 Å². The van der Waals surface area contributed by atoms with Gasteiger partial charge in [-0.1, -0.05) is 18.0 Å². The third-order valence-corrected chi connectivity index (χ3v) is 5.70. The van der Waals surface area contributed by atoms with Gasteiger partial charge in [-0.2, -0.15) is 0 Å². The molecule has 1 saturated carbocycles. The molecule has 1 amide bonds. The maximum atomic E-state index is 12.7. The number of carbonyl (C=O) groups excluding carboxylic acids is 1. The molecule has 2 atom stereocenters. The Bertz CT molecular complexity index is 460. The third-order valence-electron chi connectivity index (χ3n) is 4.02. The number of aryl methyl sites for hydroxylation is 1. The first kappa shape index (κ1) is 14.8. The highest BCUT2D eigenvalue weighted by Crippen LogP contribution is 2.33. The van der Waals surface area contributed by atoms with Crippen molar-refractivity contribution in [3.63, 3.8) is 0 Å². The van der Waals surface area contributed by atoms with Crippen LogP contribution in [0.2, 0.25) is 5.02 Å². The van der Waals surface area contributed by atoms with Crippen LogP contribution >= 0.6 is 22.9 Å². The van der Waals surface area contributed by atoms with Crippen LogP contribution in [-0.2, 0) is 0 Å². The van der Waals surface area contributed by atoms with Crippen molar-refractivity contribution in [2.24, 2.45) is 11.7 Å². The smallest absolute Gasteiger partial charge is 0.265 e. The Morgan fingerprint density at radius 1 is 1.58 bits per heavy atom. The second kappa shape index (κ2) is 6.25. The number of thiophene rings is 1. The molecule has 5 heteroatoms. The summed E-state index contributed by atoms with van der Waals surface area (Å²) in [6.45, 7) is 5.33. The predicted octanol–water partition coefficient (Wildman–Crippen LogP) is 3.30. The van der Waals surface area contributed by atoms with Crippen LogP contribution < -0.4 is 5.73 Å². The van der Waals surface area contributed by atoms with Crippen molar-refractivity contribution in [2.45, 2.75) is 39.2 Å². The normalized spacial score (nSPS) is 22.7. The van der Waals surface area contributed by atoms with Crippen LogP contribution in [0.25, 0.3) is 0 Å². The summed E-state index contributed by atoms with van der Waals surface area (Å²) in [6.07, 6.45) is 3.35. The lowest BCUT2D eigenvalue weighted by molar-refractivity contribution is 0.0657. The van der Waals surface area contributed by atoms with Gasteiger partial charge in [0.25, 0.3) is 5.91 Å². The van der Waals surface area contributed by atoms with Gasteiger partial charge in [-0.05, 0) is 50.1 Å². The molecule has 2 unspecified atom stereocenters. The molecule has 1 aromatic rings. The van der Waals surface area contributed by atoms with Crippen molar-refractivity contribution >= 4 is 28.8 Å². The quantitative estimate of drug-likeness (QED) is 0.927. The Balaban J connectivity index is 2.22. The van der Waals surface area contributed by atoms with E-state index in [2.05, 4.69) is 0 Å². The number of nitrogens with zero attached hydrogens (tertiary/aromatic N) is 1. The first-order chi connectivity index (χ1) is 9.10. The van der Waals surface area contributed by atoms with Gasteiger partial charge < -0.3 is 10.6 Å². The molecule has 0 saturated heterocycles. The van der Waals surface area contributed by atoms with E-state index in [-0.39, 0.29) is 11.9 Å². The van der Waals surface area contributed by atoms with Crippen LogP contribution in [0.3, 0.4) is 0 Å². The fraction of sp³-hybridized carbons (Fsp3) is 0.643. The summed E-state index contributed by atoms with van der Waals surface area (Å²) in [6, 6.07) is 0.279. The van der Waals surface area contributed by atoms with Gasteiger partial charge in [0, 0.05) is 12.6 Å². The summed E-state index contributed by atoms with van der Waals surface area (Å²) in [7, 11) is 0. The number of halogens is 1. The molecule has 0 aromatic carbocycles. The minimum absolute atomic E-state index is 0.0657. The van der Waals surface area contributed by atoms with E-state index in [0.717, 1.165) is 24.8 Å². The molecule has 3 nitrogen and oxygen atoms in total. The number of amides is 1. The van der Waals surface area contributed by atoms with Crippen LogP contribution in [0.4, 0.5) is 0 Å². The van der Waals surface area contributed by atoms with E-state index in [1.54, 1.807) is 0 Å². The lowest BCUT2D eigenvalue weighted by atomic mass is 10.0. The van der Waals surface area contributed by atoms with Crippen LogP contribution in [-0.4, -0.2) is 29.9 Å². The van der Waals surface area contributed by atoms with Gasteiger partial charge in [0.1, 0.15) is 4.88 Å². The minimum Gasteiger partial charge on any atom is -0.335 e. The van der Waals surface area contributed by atoms with Gasteiger partial charge in [-0.3, -0.25) is 4.79 Å². The summed E-state index contributed by atoms with van der Waals surface area (Å²) in [5, 5.41) is 2.55. The molecule has 106 valence electrons. The van der Waals surface area contributed by atoms with Crippen molar-refractivity contribution < 1.29 is 4.79 Å². The van der Waals surface area contributed by atoms with E-state index < -0.39 is 0 Å². The van der Waals surface area contributed by atoms with Crippen LogP contribution in [0.15, 0.2) is 5.38 Å². The summed E-state index contributed by atoms with van der Waals surface area (Å²) < 4.78 is 0. The zero-order chi connectivity index (χ0) is 14.0. The van der Waals surface area contributed by atoms with E-state index in [0.29, 0.717) is 28.9 Å². The lowest BCUT2D eigenvalue weighted by Gasteiger charge is -2.31. The zero-order valence-corrected chi connectivity index (χ0v) is 13.1. The minimum atomic E-state index is 0.0657. The Morgan fingerprint density at radius 3 is 2.84 bits per heavy atom. The first-order valence-electron chi connectivity index (χ1n) is 6.84. The van der Waals surface area contributed by atoms with E-state index in [9.17, 15) is 4.79 Å². The molecule has 19 heavy (non-hydrogen) atoms. The molecule has 1 aliphatic carbocycles. The summed E-state index contributed by atoms with van der Waals surface area (Å²) >= 11 is 7.66. The number of hydrogen-bond donors (Lipinski definition) is 1. The van der Waals surface area contributed by atoms with Gasteiger partial charge in [0.05, 0.1) is 5.02 Å². The molecule has 1 aliphatic rings. The standard InChI is InChI=1S/C14H21ClN2OS/c1-3-17(11-6-4-5-10(11)7-16)14(18)13-12(15)9(2)8-19-13/h8,10-11H,3-7,16H2,1-2H3. The van der Waals surface area contributed by atoms with Gasteiger partial charge in [-0.25, -0.2) is 0 Å². The highest BCUT2D eigenvalue weighted by atomic mass is 35.5. The second-order valence-corrected chi connectivity index (χ2v) is 6.40. The Hall–Kier alpha value is -0.580. The molecule has 1 fully saturated rings. The number of nitrogens with two attached hydrogens (primary N) is 1. The Labute approximate surface area is 123 Å². The maximum Gasteiger partial charge on any atom is 0.265 e. The van der Waals surface area contributed by atoms with Crippen molar-refractivity contribution in [3.8, 4) is 0 Å². The van der Waals surface area contributed by atoms with E-state index in [4.69, 9.17) is 17.3 Å². The van der Waals surface area contributed by atoms with Crippen LogP contribution in [0.1, 0.15) is 41.4 Å². The fourth-order valence-corrected chi connectivity index (χ4v) is 4.16. The molecular weight excluding hydrogens is 280 g/mol. The van der Waals surface area contributed by atoms with Gasteiger partial charge in [0.2, 0.25) is 0 Å². The van der Waals surface area contributed by atoms with Crippen molar-refractivity contribution in [3.05, 3.63) is 20.8 Å². The van der Waals surface area contributed by atoms with Crippen molar-refractivity contribution in [1.29, 1.82) is 0 Å². The summed E-state index contributed by atoms with van der Waals surface area (Å²) in [5.74, 6) is 0.500. The zero-order valence-electron chi connectivity index (χ0n) is 11.5. The SMILES string of the molecule is CCN(C(=O)c1scc(C)c1Cl)C1CCCC1CN. The van der Waals surface area contributed by atoms with E-state index >= 15 is 0 Å². The fourth-order valence-electron chi connectivity index (χ4n) is 2.94. The largest absolute Gasteiger partial charge is 0.335 e. The van der Waals surface area contributed by atoms with E-state index in [1.165, 1.54) is 11.3 Å². The number of carbonyl (C=O) groups is 1. The van der Waals surface area contributed by atoms with Crippen LogP contribution in [0, 0.1) is 12.8 Å². The predicted molar refractivity (Wildman–Crippen MR) is 81.0 cm³/mol. The first-order valence-corrected chi connectivity index (χ1v) is 8.10. The van der Waals surface area contributed by atoms with E-state index in [1.807, 2.05) is 24.1 Å². The summed E-state index contributed by atoms with van der Waals surface area (Å²) in [5.41, 5.74) is 6.81. The molecule has 1 aromatic heterocycles. The Morgan fingerprint density at radius 2 is 2.32 bits per heavy atom. The summed E-state index contributed by atoms with van der Waals surface area (Å²) in [4.78, 5) is 15.3. The van der Waals surface area contributed by atoms with Crippen molar-refractivity contribution in [2.75, 3.05) is 13.1 Å². The lowest BCUT2D eigenvalue weighted by Crippen LogP contribution is -2.43. The molecule has 2 rings (SSSR count). The average Bonchev–Trinajstić information content (AvgIpc) is 2.99. The Kier molecular flexibility index (Phi) is 4.87. The molecule has 0 aliphatic heterocycles. The third kappa shape index (κ3) is 2.81. The van der Waals surface area contributed by atoms with Crippen LogP contribution in [0.5, 0.6) is 0 Å². The molecule has 0 bridgehead atoms. The second-order valence-electron chi connectivity index (χ2n) is 5.15. The average molecular weight is 301 g/mol. The monoisotopic (exact) mass is 300 g/mol. The topological polar surface area (TPSA) is 46.3 Å². The number of rotatable bonds is 4. The number of hydrogen-bond acceptors (Lipinski definition) is 3. The van der Waals surface area contributed by atoms with Crippen molar-refractivity contribution in [1.82, 2.24) is 4.90 Å². The molecule has 0 spiro atoms. The molecule has 0 radical (unpaired) electrons. The molecule has 1 heterocycles. The highest BCUT2D eigenvalue weighted by molar-refractivity contribution is 7.13. The highest BCUT2D eigenvalue weighted by Gasteiger charge is 2.34. The molecular formula is C14H21ClN2OS. The molecule has 2 N–H and O–H groups in total. The van der Waals surface area contributed by atoms with Gasteiger partial charge in [-0.15, -0.1) is 11.3 Å². The van der Waals surface area contributed by atoms with Gasteiger partial charge >= 0.3 is 0 Å².